The van der Waals surface area contributed by atoms with E-state index in [-0.39, 0.29) is 5.91 Å². The lowest BCUT2D eigenvalue weighted by molar-refractivity contribution is 0.0291. The van der Waals surface area contributed by atoms with Crippen LogP contribution in [0.4, 0.5) is 0 Å². The van der Waals surface area contributed by atoms with Gasteiger partial charge >= 0.3 is 0 Å². The largest absolute Gasteiger partial charge is 0.372 e. The van der Waals surface area contributed by atoms with Crippen molar-refractivity contribution in [1.29, 1.82) is 0 Å². The molecule has 19 heavy (non-hydrogen) atoms. The van der Waals surface area contributed by atoms with Crippen molar-refractivity contribution in [2.45, 2.75) is 51.2 Å². The van der Waals surface area contributed by atoms with E-state index in [2.05, 4.69) is 10.4 Å². The molecule has 1 aliphatic rings. The number of hydrazine groups is 1. The summed E-state index contributed by atoms with van der Waals surface area (Å²) >= 11 is 0. The summed E-state index contributed by atoms with van der Waals surface area (Å²) in [7, 11) is 0. The van der Waals surface area contributed by atoms with E-state index in [9.17, 15) is 4.79 Å². The van der Waals surface area contributed by atoms with Gasteiger partial charge < -0.3 is 4.74 Å². The number of carbonyl (C=O) groups is 1. The first kappa shape index (κ1) is 14.0. The number of hydrogen-bond donors (Lipinski definition) is 2. The van der Waals surface area contributed by atoms with E-state index in [1.807, 2.05) is 6.07 Å². The number of pyridine rings is 1. The molecule has 0 aromatic carbocycles. The summed E-state index contributed by atoms with van der Waals surface area (Å²) in [4.78, 5) is 15.6. The average molecular weight is 263 g/mol. The SMILES string of the molecule is NNC(=O)c1cccc(COC2CCCCCC2)n1. The van der Waals surface area contributed by atoms with Crippen LogP contribution in [-0.4, -0.2) is 17.0 Å². The zero-order valence-corrected chi connectivity index (χ0v) is 11.1. The van der Waals surface area contributed by atoms with Gasteiger partial charge in [-0.15, -0.1) is 0 Å². The minimum absolute atomic E-state index is 0.324. The van der Waals surface area contributed by atoms with Crippen molar-refractivity contribution >= 4 is 5.91 Å². The molecular weight excluding hydrogens is 242 g/mol. The minimum atomic E-state index is -0.378. The van der Waals surface area contributed by atoms with E-state index >= 15 is 0 Å². The summed E-state index contributed by atoms with van der Waals surface area (Å²) in [5.41, 5.74) is 3.17. The maximum Gasteiger partial charge on any atom is 0.283 e. The highest BCUT2D eigenvalue weighted by molar-refractivity contribution is 5.91. The second-order valence-electron chi connectivity index (χ2n) is 4.91. The van der Waals surface area contributed by atoms with Crippen molar-refractivity contribution in [3.8, 4) is 0 Å². The molecule has 0 radical (unpaired) electrons. The molecule has 1 aliphatic carbocycles. The molecule has 5 heteroatoms. The fraction of sp³-hybridized carbons (Fsp3) is 0.571. The van der Waals surface area contributed by atoms with Gasteiger partial charge in [0.15, 0.2) is 0 Å². The lowest BCUT2D eigenvalue weighted by atomic mass is 10.1. The summed E-state index contributed by atoms with van der Waals surface area (Å²) in [6, 6.07) is 5.30. The molecule has 1 saturated carbocycles. The van der Waals surface area contributed by atoms with Crippen LogP contribution in [0.5, 0.6) is 0 Å². The number of nitrogens with one attached hydrogen (secondary N) is 1. The zero-order valence-electron chi connectivity index (χ0n) is 11.1. The number of nitrogens with two attached hydrogens (primary N) is 1. The lowest BCUT2D eigenvalue weighted by Crippen LogP contribution is -2.30. The predicted molar refractivity (Wildman–Crippen MR) is 72.2 cm³/mol. The van der Waals surface area contributed by atoms with Gasteiger partial charge in [0, 0.05) is 0 Å². The molecule has 0 spiro atoms. The van der Waals surface area contributed by atoms with E-state index in [4.69, 9.17) is 10.6 Å². The van der Waals surface area contributed by atoms with E-state index in [0.717, 1.165) is 18.5 Å². The van der Waals surface area contributed by atoms with E-state index in [0.29, 0.717) is 18.4 Å². The Morgan fingerprint density at radius 2 is 2.05 bits per heavy atom. The van der Waals surface area contributed by atoms with Crippen LogP contribution in [0, 0.1) is 0 Å². The topological polar surface area (TPSA) is 77.2 Å². The van der Waals surface area contributed by atoms with Crippen LogP contribution in [0.15, 0.2) is 18.2 Å². The summed E-state index contributed by atoms with van der Waals surface area (Å²) in [5.74, 6) is 4.71. The first-order valence-electron chi connectivity index (χ1n) is 6.88. The molecule has 1 aromatic heterocycles. The number of carbonyl (C=O) groups excluding carboxylic acids is 1. The van der Waals surface area contributed by atoms with Crippen LogP contribution < -0.4 is 11.3 Å². The van der Waals surface area contributed by atoms with Crippen LogP contribution >= 0.6 is 0 Å². The summed E-state index contributed by atoms with van der Waals surface area (Å²) in [6.45, 7) is 0.455. The van der Waals surface area contributed by atoms with Crippen LogP contribution in [0.1, 0.15) is 54.7 Å². The van der Waals surface area contributed by atoms with Crippen molar-refractivity contribution in [2.75, 3.05) is 0 Å². The summed E-state index contributed by atoms with van der Waals surface area (Å²) < 4.78 is 5.89. The number of hydrogen-bond acceptors (Lipinski definition) is 4. The second-order valence-corrected chi connectivity index (χ2v) is 4.91. The fourth-order valence-corrected chi connectivity index (χ4v) is 2.37. The molecule has 0 aliphatic heterocycles. The van der Waals surface area contributed by atoms with Gasteiger partial charge in [-0.2, -0.15) is 0 Å². The molecule has 0 atom stereocenters. The van der Waals surface area contributed by atoms with E-state index < -0.39 is 0 Å². The van der Waals surface area contributed by atoms with Gasteiger partial charge in [0.2, 0.25) is 0 Å². The highest BCUT2D eigenvalue weighted by Crippen LogP contribution is 2.20. The molecule has 104 valence electrons. The Morgan fingerprint density at radius 1 is 1.32 bits per heavy atom. The lowest BCUT2D eigenvalue weighted by Gasteiger charge is -2.15. The Hall–Kier alpha value is -1.46. The Morgan fingerprint density at radius 3 is 2.74 bits per heavy atom. The second kappa shape index (κ2) is 7.21. The van der Waals surface area contributed by atoms with Crippen LogP contribution in [0.3, 0.4) is 0 Å². The van der Waals surface area contributed by atoms with Crippen LogP contribution in [0.25, 0.3) is 0 Å². The van der Waals surface area contributed by atoms with Gasteiger partial charge in [-0.1, -0.05) is 31.7 Å². The quantitative estimate of drug-likeness (QED) is 0.376. The van der Waals surface area contributed by atoms with Gasteiger partial charge in [-0.25, -0.2) is 10.8 Å². The molecule has 3 N–H and O–H groups in total. The first-order chi connectivity index (χ1) is 9.29. The monoisotopic (exact) mass is 263 g/mol. The third kappa shape index (κ3) is 4.29. The number of aromatic nitrogens is 1. The van der Waals surface area contributed by atoms with Crippen molar-refractivity contribution in [3.05, 3.63) is 29.6 Å². The van der Waals surface area contributed by atoms with Crippen LogP contribution in [0.2, 0.25) is 0 Å². The van der Waals surface area contributed by atoms with Gasteiger partial charge in [0.1, 0.15) is 5.69 Å². The molecule has 1 fully saturated rings. The Balaban J connectivity index is 1.89. The van der Waals surface area contributed by atoms with E-state index in [1.165, 1.54) is 25.7 Å². The van der Waals surface area contributed by atoms with Crippen LogP contribution in [-0.2, 0) is 11.3 Å². The third-order valence-electron chi connectivity index (χ3n) is 3.44. The number of rotatable bonds is 4. The molecule has 1 amide bonds. The van der Waals surface area contributed by atoms with Crippen molar-refractivity contribution in [3.63, 3.8) is 0 Å². The normalized spacial score (nSPS) is 16.9. The number of nitrogens with zero attached hydrogens (tertiary/aromatic N) is 1. The van der Waals surface area contributed by atoms with Gasteiger partial charge in [-0.3, -0.25) is 10.2 Å². The predicted octanol–water partition coefficient (Wildman–Crippen LogP) is 1.92. The van der Waals surface area contributed by atoms with Crippen molar-refractivity contribution in [2.24, 2.45) is 5.84 Å². The number of ether oxygens (including phenoxy) is 1. The molecular formula is C14H21N3O2. The van der Waals surface area contributed by atoms with Crippen molar-refractivity contribution in [1.82, 2.24) is 10.4 Å². The number of nitrogen functional groups attached to an aromatic ring is 1. The molecule has 0 saturated heterocycles. The summed E-state index contributed by atoms with van der Waals surface area (Å²) in [6.07, 6.45) is 7.69. The Bertz CT molecular complexity index is 415. The number of amides is 1. The smallest absolute Gasteiger partial charge is 0.283 e. The Labute approximate surface area is 113 Å². The zero-order chi connectivity index (χ0) is 13.5. The molecule has 1 aromatic rings. The minimum Gasteiger partial charge on any atom is -0.372 e. The third-order valence-corrected chi connectivity index (χ3v) is 3.44. The fourth-order valence-electron chi connectivity index (χ4n) is 2.37. The van der Waals surface area contributed by atoms with E-state index in [1.54, 1.807) is 12.1 Å². The Kier molecular flexibility index (Phi) is 5.30. The maximum atomic E-state index is 11.4. The molecule has 0 bridgehead atoms. The molecule has 5 nitrogen and oxygen atoms in total. The first-order valence-corrected chi connectivity index (χ1v) is 6.88. The highest BCUT2D eigenvalue weighted by Gasteiger charge is 2.13. The highest BCUT2D eigenvalue weighted by atomic mass is 16.5. The molecule has 0 unspecified atom stereocenters. The van der Waals surface area contributed by atoms with Gasteiger partial charge in [0.05, 0.1) is 18.4 Å². The van der Waals surface area contributed by atoms with Gasteiger partial charge in [-0.05, 0) is 25.0 Å². The van der Waals surface area contributed by atoms with Crippen molar-refractivity contribution < 1.29 is 9.53 Å². The van der Waals surface area contributed by atoms with Gasteiger partial charge in [0.25, 0.3) is 5.91 Å². The molecule has 2 rings (SSSR count). The maximum absolute atomic E-state index is 11.4. The average Bonchev–Trinajstić information content (AvgIpc) is 2.73. The standard InChI is InChI=1S/C14H21N3O2/c15-17-14(18)13-9-5-6-11(16-13)10-19-12-7-3-1-2-4-8-12/h5-6,9,12H,1-4,7-8,10,15H2,(H,17,18). The molecule has 1 heterocycles. The summed E-state index contributed by atoms with van der Waals surface area (Å²) in [5, 5.41) is 0.